The van der Waals surface area contributed by atoms with Gasteiger partial charge in [-0.25, -0.2) is 4.99 Å². The number of nitrogens with one attached hydrogen (secondary N) is 2. The first-order valence-corrected chi connectivity index (χ1v) is 9.79. The highest BCUT2D eigenvalue weighted by atomic mass is 16.5. The van der Waals surface area contributed by atoms with Crippen molar-refractivity contribution in [1.29, 1.82) is 0 Å². The van der Waals surface area contributed by atoms with E-state index in [9.17, 15) is 4.79 Å². The van der Waals surface area contributed by atoms with Gasteiger partial charge in [0.05, 0.1) is 6.54 Å². The first kappa shape index (κ1) is 20.9. The summed E-state index contributed by atoms with van der Waals surface area (Å²) in [5, 5.41) is 5.94. The van der Waals surface area contributed by atoms with Crippen LogP contribution in [-0.4, -0.2) is 11.9 Å². The van der Waals surface area contributed by atoms with Crippen LogP contribution in [-0.2, 0) is 11.3 Å². The fourth-order valence-electron chi connectivity index (χ4n) is 2.61. The van der Waals surface area contributed by atoms with Gasteiger partial charge in [-0.15, -0.1) is 0 Å². The van der Waals surface area contributed by atoms with Crippen molar-refractivity contribution >= 4 is 23.2 Å². The van der Waals surface area contributed by atoms with E-state index in [1.165, 1.54) is 0 Å². The van der Waals surface area contributed by atoms with Crippen LogP contribution in [0.3, 0.4) is 0 Å². The molecule has 0 unspecified atom stereocenters. The number of carbonyl (C=O) groups excluding carboxylic acids is 1. The Hall–Kier alpha value is -3.80. The second kappa shape index (κ2) is 10.1. The molecule has 0 aromatic heterocycles. The number of para-hydroxylation sites is 1. The van der Waals surface area contributed by atoms with Crippen LogP contribution in [0.15, 0.2) is 83.9 Å². The average Bonchev–Trinajstić information content (AvgIpc) is 2.74. The standard InChI is InChI=1S/C24H26N4O2/c1-17(2)23(29)27-19-13-11-18(12-14-19)16-26-24(25)28-20-7-6-10-22(15-20)30-21-8-4-3-5-9-21/h3-15,17H,16H2,1-2H3,(H,27,29)(H3,25,26,28). The number of guanidine groups is 1. The molecule has 0 atom stereocenters. The number of carbonyl (C=O) groups is 1. The third kappa shape index (κ3) is 6.38. The molecular formula is C24H26N4O2. The third-order valence-corrected chi connectivity index (χ3v) is 4.26. The molecular weight excluding hydrogens is 376 g/mol. The highest BCUT2D eigenvalue weighted by Crippen LogP contribution is 2.23. The Morgan fingerprint density at radius 3 is 2.30 bits per heavy atom. The topological polar surface area (TPSA) is 88.7 Å². The summed E-state index contributed by atoms with van der Waals surface area (Å²) < 4.78 is 5.83. The second-order valence-electron chi connectivity index (χ2n) is 7.11. The molecule has 3 aromatic carbocycles. The smallest absolute Gasteiger partial charge is 0.226 e. The molecule has 0 aliphatic heterocycles. The number of benzene rings is 3. The highest BCUT2D eigenvalue weighted by molar-refractivity contribution is 5.93. The maximum absolute atomic E-state index is 11.7. The summed E-state index contributed by atoms with van der Waals surface area (Å²) >= 11 is 0. The van der Waals surface area contributed by atoms with E-state index in [-0.39, 0.29) is 11.8 Å². The maximum atomic E-state index is 11.7. The number of amides is 1. The number of rotatable bonds is 7. The number of aliphatic imine (C=N–C) groups is 1. The predicted octanol–water partition coefficient (Wildman–Crippen LogP) is 5.00. The monoisotopic (exact) mass is 402 g/mol. The largest absolute Gasteiger partial charge is 0.457 e. The molecule has 1 amide bonds. The van der Waals surface area contributed by atoms with Crippen LogP contribution in [0.2, 0.25) is 0 Å². The van der Waals surface area contributed by atoms with Gasteiger partial charge in [0.25, 0.3) is 0 Å². The third-order valence-electron chi connectivity index (χ3n) is 4.26. The maximum Gasteiger partial charge on any atom is 0.226 e. The Kier molecular flexibility index (Phi) is 7.05. The van der Waals surface area contributed by atoms with Gasteiger partial charge in [-0.3, -0.25) is 4.79 Å². The Balaban J connectivity index is 1.56. The molecule has 30 heavy (non-hydrogen) atoms. The van der Waals surface area contributed by atoms with Crippen molar-refractivity contribution in [3.8, 4) is 11.5 Å². The number of hydrogen-bond donors (Lipinski definition) is 3. The van der Waals surface area contributed by atoms with Gasteiger partial charge < -0.3 is 21.1 Å². The van der Waals surface area contributed by atoms with E-state index in [4.69, 9.17) is 10.5 Å². The fraction of sp³-hybridized carbons (Fsp3) is 0.167. The van der Waals surface area contributed by atoms with E-state index in [2.05, 4.69) is 15.6 Å². The van der Waals surface area contributed by atoms with Crippen LogP contribution >= 0.6 is 0 Å². The zero-order valence-corrected chi connectivity index (χ0v) is 17.1. The summed E-state index contributed by atoms with van der Waals surface area (Å²) in [6.45, 7) is 4.15. The van der Waals surface area contributed by atoms with E-state index < -0.39 is 0 Å². The minimum Gasteiger partial charge on any atom is -0.457 e. The first-order chi connectivity index (χ1) is 14.5. The molecule has 0 saturated heterocycles. The van der Waals surface area contributed by atoms with E-state index in [1.54, 1.807) is 0 Å². The Morgan fingerprint density at radius 1 is 0.900 bits per heavy atom. The van der Waals surface area contributed by atoms with E-state index in [1.807, 2.05) is 92.7 Å². The molecule has 154 valence electrons. The minimum atomic E-state index is -0.0586. The fourth-order valence-corrected chi connectivity index (χ4v) is 2.61. The summed E-state index contributed by atoms with van der Waals surface area (Å²) in [5.41, 5.74) is 8.57. The summed E-state index contributed by atoms with van der Waals surface area (Å²) in [5.74, 6) is 1.72. The van der Waals surface area contributed by atoms with Crippen molar-refractivity contribution in [3.05, 3.63) is 84.4 Å². The molecule has 0 aliphatic carbocycles. The molecule has 0 aliphatic rings. The lowest BCUT2D eigenvalue weighted by molar-refractivity contribution is -0.118. The summed E-state index contributed by atoms with van der Waals surface area (Å²) in [6.07, 6.45) is 0. The van der Waals surface area contributed by atoms with Gasteiger partial charge in [-0.05, 0) is 42.0 Å². The van der Waals surface area contributed by atoms with Crippen molar-refractivity contribution in [3.63, 3.8) is 0 Å². The molecule has 0 spiro atoms. The Bertz CT molecular complexity index is 999. The van der Waals surface area contributed by atoms with Crippen LogP contribution in [0.5, 0.6) is 11.5 Å². The molecule has 4 N–H and O–H groups in total. The van der Waals surface area contributed by atoms with Crippen LogP contribution < -0.4 is 21.1 Å². The Labute approximate surface area is 176 Å². The number of hydrogen-bond acceptors (Lipinski definition) is 3. The van der Waals surface area contributed by atoms with Gasteiger partial charge in [-0.1, -0.05) is 50.2 Å². The molecule has 0 heterocycles. The number of nitrogens with two attached hydrogens (primary N) is 1. The van der Waals surface area contributed by atoms with Crippen molar-refractivity contribution in [1.82, 2.24) is 0 Å². The SMILES string of the molecule is CC(C)C(=O)Nc1ccc(CN=C(N)Nc2cccc(Oc3ccccc3)c2)cc1. The normalized spacial score (nSPS) is 11.2. The van der Waals surface area contributed by atoms with Crippen LogP contribution in [0, 0.1) is 5.92 Å². The highest BCUT2D eigenvalue weighted by Gasteiger charge is 2.06. The molecule has 0 bridgehead atoms. The van der Waals surface area contributed by atoms with E-state index in [0.29, 0.717) is 18.3 Å². The Morgan fingerprint density at radius 2 is 1.60 bits per heavy atom. The molecule has 6 heteroatoms. The van der Waals surface area contributed by atoms with Gasteiger partial charge in [0.2, 0.25) is 5.91 Å². The van der Waals surface area contributed by atoms with E-state index in [0.717, 1.165) is 22.7 Å². The number of nitrogens with zero attached hydrogens (tertiary/aromatic N) is 1. The lowest BCUT2D eigenvalue weighted by Crippen LogP contribution is -2.22. The molecule has 0 fully saturated rings. The van der Waals surface area contributed by atoms with Gasteiger partial charge >= 0.3 is 0 Å². The molecule has 0 saturated carbocycles. The van der Waals surface area contributed by atoms with Crippen molar-refractivity contribution < 1.29 is 9.53 Å². The minimum absolute atomic E-state index is 0.00677. The molecule has 3 rings (SSSR count). The predicted molar refractivity (Wildman–Crippen MR) is 122 cm³/mol. The quantitative estimate of drug-likeness (QED) is 0.383. The first-order valence-electron chi connectivity index (χ1n) is 9.79. The number of anilines is 2. The molecule has 0 radical (unpaired) electrons. The van der Waals surface area contributed by atoms with Crippen LogP contribution in [0.25, 0.3) is 0 Å². The number of ether oxygens (including phenoxy) is 1. The lowest BCUT2D eigenvalue weighted by atomic mass is 10.2. The van der Waals surface area contributed by atoms with Gasteiger partial charge in [0.1, 0.15) is 11.5 Å². The van der Waals surface area contributed by atoms with Crippen LogP contribution in [0.4, 0.5) is 11.4 Å². The van der Waals surface area contributed by atoms with Crippen molar-refractivity contribution in [2.45, 2.75) is 20.4 Å². The summed E-state index contributed by atoms with van der Waals surface area (Å²) in [6, 6.07) is 24.7. The van der Waals surface area contributed by atoms with Gasteiger partial charge in [0, 0.05) is 23.4 Å². The van der Waals surface area contributed by atoms with Crippen molar-refractivity contribution in [2.75, 3.05) is 10.6 Å². The zero-order chi connectivity index (χ0) is 21.3. The second-order valence-corrected chi connectivity index (χ2v) is 7.11. The molecule has 3 aromatic rings. The zero-order valence-electron chi connectivity index (χ0n) is 17.1. The van der Waals surface area contributed by atoms with Crippen LogP contribution in [0.1, 0.15) is 19.4 Å². The molecule has 6 nitrogen and oxygen atoms in total. The summed E-state index contributed by atoms with van der Waals surface area (Å²) in [7, 11) is 0. The lowest BCUT2D eigenvalue weighted by Gasteiger charge is -2.10. The van der Waals surface area contributed by atoms with Gasteiger partial charge in [-0.2, -0.15) is 0 Å². The summed E-state index contributed by atoms with van der Waals surface area (Å²) in [4.78, 5) is 16.1. The van der Waals surface area contributed by atoms with Gasteiger partial charge in [0.15, 0.2) is 5.96 Å². The van der Waals surface area contributed by atoms with Crippen molar-refractivity contribution in [2.24, 2.45) is 16.6 Å². The van der Waals surface area contributed by atoms with E-state index >= 15 is 0 Å². The average molecular weight is 402 g/mol.